The molecular formula is C24H21N5O2S. The zero-order chi connectivity index (χ0) is 22.1. The maximum Gasteiger partial charge on any atom is 0.264 e. The number of allylic oxidation sites excluding steroid dienone is 1. The molecule has 160 valence electrons. The quantitative estimate of drug-likeness (QED) is 0.476. The molecule has 0 saturated carbocycles. The van der Waals surface area contributed by atoms with Crippen LogP contribution in [-0.2, 0) is 10.0 Å². The van der Waals surface area contributed by atoms with E-state index in [9.17, 15) is 8.42 Å². The Morgan fingerprint density at radius 1 is 0.906 bits per heavy atom. The van der Waals surface area contributed by atoms with Crippen molar-refractivity contribution in [3.05, 3.63) is 108 Å². The van der Waals surface area contributed by atoms with Gasteiger partial charge in [-0.2, -0.15) is 4.98 Å². The molecule has 0 spiro atoms. The van der Waals surface area contributed by atoms with Gasteiger partial charge in [0, 0.05) is 5.70 Å². The van der Waals surface area contributed by atoms with Crippen molar-refractivity contribution >= 4 is 27.6 Å². The van der Waals surface area contributed by atoms with E-state index in [1.165, 1.54) is 12.1 Å². The van der Waals surface area contributed by atoms with Gasteiger partial charge in [0.15, 0.2) is 0 Å². The van der Waals surface area contributed by atoms with Crippen molar-refractivity contribution in [2.45, 2.75) is 17.9 Å². The number of aryl methyl sites for hydroxylation is 1. The molecule has 3 aromatic carbocycles. The number of sulfonamides is 1. The third-order valence-corrected chi connectivity index (χ3v) is 6.59. The molecule has 5 rings (SSSR count). The fourth-order valence-corrected chi connectivity index (χ4v) is 4.56. The molecule has 0 fully saturated rings. The van der Waals surface area contributed by atoms with Gasteiger partial charge in [-0.3, -0.25) is 0 Å². The average Bonchev–Trinajstić information content (AvgIpc) is 3.22. The molecule has 7 nitrogen and oxygen atoms in total. The van der Waals surface area contributed by atoms with Gasteiger partial charge in [-0.25, -0.2) is 17.8 Å². The van der Waals surface area contributed by atoms with Crippen molar-refractivity contribution in [1.29, 1.82) is 0 Å². The number of benzene rings is 3. The van der Waals surface area contributed by atoms with Crippen LogP contribution in [0.4, 0.5) is 11.9 Å². The van der Waals surface area contributed by atoms with E-state index in [0.29, 0.717) is 5.95 Å². The van der Waals surface area contributed by atoms with Crippen LogP contribution in [0.15, 0.2) is 95.9 Å². The summed E-state index contributed by atoms with van der Waals surface area (Å²) in [7, 11) is -3.80. The lowest BCUT2D eigenvalue weighted by molar-refractivity contribution is 0.598. The predicted molar refractivity (Wildman–Crippen MR) is 125 cm³/mol. The first kappa shape index (κ1) is 20.0. The van der Waals surface area contributed by atoms with E-state index in [1.807, 2.05) is 61.5 Å². The van der Waals surface area contributed by atoms with Gasteiger partial charge in [-0.1, -0.05) is 78.4 Å². The van der Waals surface area contributed by atoms with Crippen LogP contribution in [0.1, 0.15) is 22.7 Å². The van der Waals surface area contributed by atoms with Gasteiger partial charge in [-0.05, 0) is 36.3 Å². The second kappa shape index (κ2) is 7.97. The van der Waals surface area contributed by atoms with Crippen molar-refractivity contribution < 1.29 is 8.42 Å². The Bertz CT molecular complexity index is 1380. The fourth-order valence-electron chi connectivity index (χ4n) is 3.60. The number of hydrogen-bond donors (Lipinski definition) is 2. The van der Waals surface area contributed by atoms with Gasteiger partial charge in [0.25, 0.3) is 16.0 Å². The molecule has 0 saturated heterocycles. The predicted octanol–water partition coefficient (Wildman–Crippen LogP) is 4.44. The van der Waals surface area contributed by atoms with Gasteiger partial charge in [0.2, 0.25) is 5.95 Å². The van der Waals surface area contributed by atoms with Gasteiger partial charge >= 0.3 is 0 Å². The van der Waals surface area contributed by atoms with Crippen LogP contribution in [0.2, 0.25) is 0 Å². The lowest BCUT2D eigenvalue weighted by Gasteiger charge is -2.24. The van der Waals surface area contributed by atoms with E-state index >= 15 is 0 Å². The molecule has 1 atom stereocenters. The largest absolute Gasteiger partial charge is 0.324 e. The van der Waals surface area contributed by atoms with E-state index < -0.39 is 10.0 Å². The van der Waals surface area contributed by atoms with Crippen molar-refractivity contribution in [3.63, 3.8) is 0 Å². The summed E-state index contributed by atoms with van der Waals surface area (Å²) in [5, 5.41) is 7.76. The zero-order valence-corrected chi connectivity index (χ0v) is 18.1. The highest BCUT2D eigenvalue weighted by Gasteiger charge is 2.27. The maximum absolute atomic E-state index is 12.8. The Labute approximate surface area is 186 Å². The van der Waals surface area contributed by atoms with E-state index in [1.54, 1.807) is 22.9 Å². The SMILES string of the molecule is Cc1ccc([C@@H]2C=C(c3ccccc3)Nc3nc(NS(=O)(=O)c4ccccc4)nn32)cc1. The Kier molecular flexibility index (Phi) is 4.99. The molecular weight excluding hydrogens is 422 g/mol. The minimum atomic E-state index is -3.80. The number of nitrogens with one attached hydrogen (secondary N) is 2. The molecule has 1 aliphatic heterocycles. The average molecular weight is 444 g/mol. The second-order valence-electron chi connectivity index (χ2n) is 7.55. The smallest absolute Gasteiger partial charge is 0.264 e. The lowest BCUT2D eigenvalue weighted by Crippen LogP contribution is -2.20. The Balaban J connectivity index is 1.55. The normalized spacial score (nSPS) is 15.4. The first-order valence-electron chi connectivity index (χ1n) is 10.1. The molecule has 1 aromatic heterocycles. The first-order chi connectivity index (χ1) is 15.5. The third kappa shape index (κ3) is 3.88. The van der Waals surface area contributed by atoms with Crippen LogP contribution in [0.3, 0.4) is 0 Å². The van der Waals surface area contributed by atoms with Crippen LogP contribution >= 0.6 is 0 Å². The van der Waals surface area contributed by atoms with Gasteiger partial charge < -0.3 is 5.32 Å². The van der Waals surface area contributed by atoms with E-state index in [-0.39, 0.29) is 16.9 Å². The molecule has 2 heterocycles. The summed E-state index contributed by atoms with van der Waals surface area (Å²) in [6, 6.07) is 26.0. The summed E-state index contributed by atoms with van der Waals surface area (Å²) in [5.74, 6) is 0.471. The van der Waals surface area contributed by atoms with E-state index in [4.69, 9.17) is 0 Å². The van der Waals surface area contributed by atoms with Crippen molar-refractivity contribution in [2.75, 3.05) is 10.0 Å². The molecule has 0 amide bonds. The number of fused-ring (bicyclic) bond motifs is 1. The summed E-state index contributed by atoms with van der Waals surface area (Å²) >= 11 is 0. The monoisotopic (exact) mass is 443 g/mol. The number of hydrogen-bond acceptors (Lipinski definition) is 5. The molecule has 32 heavy (non-hydrogen) atoms. The van der Waals surface area contributed by atoms with Crippen molar-refractivity contribution in [2.24, 2.45) is 0 Å². The molecule has 0 bridgehead atoms. The number of nitrogens with zero attached hydrogens (tertiary/aromatic N) is 3. The molecule has 8 heteroatoms. The second-order valence-corrected chi connectivity index (χ2v) is 9.23. The summed E-state index contributed by atoms with van der Waals surface area (Å²) in [6.45, 7) is 2.04. The molecule has 4 aromatic rings. The number of anilines is 2. The zero-order valence-electron chi connectivity index (χ0n) is 17.3. The molecule has 0 aliphatic carbocycles. The maximum atomic E-state index is 12.8. The highest BCUT2D eigenvalue weighted by Crippen LogP contribution is 2.33. The first-order valence-corrected chi connectivity index (χ1v) is 11.6. The Hall–Kier alpha value is -3.91. The summed E-state index contributed by atoms with van der Waals surface area (Å²) in [5.41, 5.74) is 4.07. The summed E-state index contributed by atoms with van der Waals surface area (Å²) in [6.07, 6.45) is 2.07. The highest BCUT2D eigenvalue weighted by atomic mass is 32.2. The van der Waals surface area contributed by atoms with Crippen LogP contribution in [0.25, 0.3) is 5.70 Å². The third-order valence-electron chi connectivity index (χ3n) is 5.25. The molecule has 0 unspecified atom stereocenters. The Morgan fingerprint density at radius 3 is 2.25 bits per heavy atom. The van der Waals surface area contributed by atoms with Crippen LogP contribution in [-0.4, -0.2) is 23.2 Å². The number of aromatic nitrogens is 3. The Morgan fingerprint density at radius 2 is 1.56 bits per heavy atom. The van der Waals surface area contributed by atoms with E-state index in [2.05, 4.69) is 26.2 Å². The van der Waals surface area contributed by atoms with Gasteiger partial charge in [0.05, 0.1) is 4.90 Å². The minimum absolute atomic E-state index is 0.0103. The molecule has 1 aliphatic rings. The lowest BCUT2D eigenvalue weighted by atomic mass is 10.0. The summed E-state index contributed by atoms with van der Waals surface area (Å²) < 4.78 is 29.7. The van der Waals surface area contributed by atoms with Crippen LogP contribution < -0.4 is 10.0 Å². The standard InChI is InChI=1S/C24H21N5O2S/c1-17-12-14-19(15-13-17)22-16-21(18-8-4-2-5-9-18)25-24-26-23(27-29(22)24)28-32(30,31)20-10-6-3-7-11-20/h2-16,22H,1H3,(H2,25,26,27,28)/t22-/m0/s1. The van der Waals surface area contributed by atoms with Crippen LogP contribution in [0.5, 0.6) is 0 Å². The van der Waals surface area contributed by atoms with Crippen molar-refractivity contribution in [3.8, 4) is 0 Å². The minimum Gasteiger partial charge on any atom is -0.324 e. The van der Waals surface area contributed by atoms with Gasteiger partial charge in [-0.15, -0.1) is 5.10 Å². The summed E-state index contributed by atoms with van der Waals surface area (Å²) in [4.78, 5) is 4.59. The van der Waals surface area contributed by atoms with E-state index in [0.717, 1.165) is 22.4 Å². The van der Waals surface area contributed by atoms with Gasteiger partial charge in [0.1, 0.15) is 6.04 Å². The topological polar surface area (TPSA) is 88.9 Å². The van der Waals surface area contributed by atoms with Crippen molar-refractivity contribution in [1.82, 2.24) is 14.8 Å². The van der Waals surface area contributed by atoms with Crippen LogP contribution in [0, 0.1) is 6.92 Å². The molecule has 2 N–H and O–H groups in total. The highest BCUT2D eigenvalue weighted by molar-refractivity contribution is 7.92. The number of rotatable bonds is 5. The fraction of sp³-hybridized carbons (Fsp3) is 0.0833. The molecule has 0 radical (unpaired) electrons.